The Balaban J connectivity index is 1.74. The van der Waals surface area contributed by atoms with Crippen LogP contribution in [0.3, 0.4) is 0 Å². The maximum absolute atomic E-state index is 13.6. The zero-order valence-electron chi connectivity index (χ0n) is 18.3. The molecule has 1 aliphatic carbocycles. The number of halogens is 1. The van der Waals surface area contributed by atoms with E-state index in [0.29, 0.717) is 22.7 Å². The third-order valence-corrected chi connectivity index (χ3v) is 5.88. The lowest BCUT2D eigenvalue weighted by Crippen LogP contribution is -2.41. The van der Waals surface area contributed by atoms with E-state index in [0.717, 1.165) is 24.0 Å². The van der Waals surface area contributed by atoms with Crippen molar-refractivity contribution in [1.29, 1.82) is 0 Å². The summed E-state index contributed by atoms with van der Waals surface area (Å²) in [7, 11) is 1.57. The molecule has 2 aromatic heterocycles. The topological polar surface area (TPSA) is 107 Å². The Kier molecular flexibility index (Phi) is 5.03. The molecule has 1 saturated carbocycles. The van der Waals surface area contributed by atoms with Gasteiger partial charge in [0.05, 0.1) is 11.8 Å². The van der Waals surface area contributed by atoms with Crippen LogP contribution in [0.15, 0.2) is 53.9 Å². The van der Waals surface area contributed by atoms with Crippen LogP contribution in [0.2, 0.25) is 0 Å². The average molecular weight is 446 g/mol. The summed E-state index contributed by atoms with van der Waals surface area (Å²) in [5.74, 6) is 1.00. The number of nitrogens with two attached hydrogens (primary N) is 1. The normalized spacial score (nSPS) is 20.2. The largest absolute Gasteiger partial charge is 0.490 e. The number of hydrogen-bond donors (Lipinski definition) is 1. The number of likely N-dealkylation sites (N-methyl/N-ethyl adjacent to an activating group) is 1. The summed E-state index contributed by atoms with van der Waals surface area (Å²) in [5, 5.41) is 0. The van der Waals surface area contributed by atoms with Gasteiger partial charge < -0.3 is 10.5 Å². The van der Waals surface area contributed by atoms with Gasteiger partial charge in [0.25, 0.3) is 5.91 Å². The minimum Gasteiger partial charge on any atom is -0.490 e. The van der Waals surface area contributed by atoms with E-state index in [1.165, 1.54) is 11.1 Å². The van der Waals surface area contributed by atoms with Crippen molar-refractivity contribution in [3.63, 3.8) is 0 Å². The summed E-state index contributed by atoms with van der Waals surface area (Å²) in [6.07, 6.45) is 7.03. The van der Waals surface area contributed by atoms with Crippen molar-refractivity contribution in [2.24, 2.45) is 10.7 Å². The summed E-state index contributed by atoms with van der Waals surface area (Å²) in [5.41, 5.74) is 7.41. The molecule has 1 unspecified atom stereocenters. The number of nitrogens with zero attached hydrogens (tertiary/aromatic N) is 5. The lowest BCUT2D eigenvalue weighted by molar-refractivity contribution is -0.129. The van der Waals surface area contributed by atoms with Crippen LogP contribution in [0.5, 0.6) is 5.75 Å². The van der Waals surface area contributed by atoms with Gasteiger partial charge in [-0.3, -0.25) is 14.7 Å². The van der Waals surface area contributed by atoms with Crippen molar-refractivity contribution in [2.45, 2.75) is 38.1 Å². The van der Waals surface area contributed by atoms with Gasteiger partial charge in [-0.05, 0) is 66.8 Å². The van der Waals surface area contributed by atoms with Gasteiger partial charge in [-0.2, -0.15) is 0 Å². The molecule has 1 aliphatic heterocycles. The van der Waals surface area contributed by atoms with E-state index in [4.69, 9.17) is 10.5 Å². The highest BCUT2D eigenvalue weighted by atomic mass is 19.1. The molecule has 1 aromatic carbocycles. The number of carbonyl (C=O) groups is 1. The second kappa shape index (κ2) is 7.91. The first-order valence-corrected chi connectivity index (χ1v) is 10.7. The fourth-order valence-electron chi connectivity index (χ4n) is 3.92. The van der Waals surface area contributed by atoms with E-state index in [-0.39, 0.29) is 23.7 Å². The van der Waals surface area contributed by atoms with Crippen LogP contribution >= 0.6 is 0 Å². The van der Waals surface area contributed by atoms with E-state index in [1.54, 1.807) is 37.6 Å². The van der Waals surface area contributed by atoms with Gasteiger partial charge in [-0.1, -0.05) is 0 Å². The van der Waals surface area contributed by atoms with Crippen LogP contribution in [0.4, 0.5) is 4.39 Å². The second-order valence-corrected chi connectivity index (χ2v) is 8.30. The third-order valence-electron chi connectivity index (χ3n) is 5.88. The molecule has 0 spiro atoms. The summed E-state index contributed by atoms with van der Waals surface area (Å²) in [4.78, 5) is 32.2. The Labute approximate surface area is 190 Å². The van der Waals surface area contributed by atoms with Crippen molar-refractivity contribution in [1.82, 2.24) is 19.9 Å². The van der Waals surface area contributed by atoms with Crippen molar-refractivity contribution >= 4 is 11.9 Å². The van der Waals surface area contributed by atoms with Gasteiger partial charge in [0, 0.05) is 31.2 Å². The number of rotatable bonds is 6. The number of aromatic nitrogens is 3. The molecule has 2 N–H and O–H groups in total. The lowest BCUT2D eigenvalue weighted by Gasteiger charge is -2.27. The van der Waals surface area contributed by atoms with Crippen molar-refractivity contribution in [3.05, 3.63) is 71.6 Å². The molecule has 3 heterocycles. The number of benzene rings is 1. The lowest BCUT2D eigenvalue weighted by atomic mass is 9.81. The summed E-state index contributed by atoms with van der Waals surface area (Å²) >= 11 is 0. The molecule has 0 saturated heterocycles. The number of alkyl halides is 1. The highest BCUT2D eigenvalue weighted by Crippen LogP contribution is 2.43. The highest BCUT2D eigenvalue weighted by Gasteiger charge is 2.50. The average Bonchev–Trinajstić information content (AvgIpc) is 3.61. The number of ether oxygens (including phenoxy) is 1. The summed E-state index contributed by atoms with van der Waals surface area (Å²) in [6.45, 7) is 1.05. The van der Waals surface area contributed by atoms with Crippen LogP contribution in [-0.2, 0) is 17.0 Å². The molecule has 1 atom stereocenters. The van der Waals surface area contributed by atoms with Crippen molar-refractivity contribution in [2.75, 3.05) is 7.05 Å². The summed E-state index contributed by atoms with van der Waals surface area (Å²) in [6, 6.07) is 8.78. The molecule has 8 nitrogen and oxygen atoms in total. The second-order valence-electron chi connectivity index (χ2n) is 8.30. The summed E-state index contributed by atoms with van der Waals surface area (Å²) < 4.78 is 19.6. The molecule has 5 rings (SSSR count). The van der Waals surface area contributed by atoms with E-state index in [9.17, 15) is 9.18 Å². The predicted molar refractivity (Wildman–Crippen MR) is 120 cm³/mol. The number of amides is 1. The molecule has 9 heteroatoms. The molecule has 0 bridgehead atoms. The monoisotopic (exact) mass is 446 g/mol. The van der Waals surface area contributed by atoms with Crippen molar-refractivity contribution in [3.8, 4) is 16.9 Å². The van der Waals surface area contributed by atoms with E-state index < -0.39 is 12.2 Å². The molecule has 33 heavy (non-hydrogen) atoms. The third kappa shape index (κ3) is 3.69. The Hall–Kier alpha value is -3.88. The number of hydrogen-bond acceptors (Lipinski definition) is 7. The van der Waals surface area contributed by atoms with Crippen molar-refractivity contribution < 1.29 is 13.9 Å². The molecule has 2 aliphatic rings. The standard InChI is InChI=1S/C24H23FN6O2/c1-14-28-12-16(13-29-14)15-7-18(10-21(8-15)33-20-3-4-20)24(22(32)31(2)23(26)30-24)17-5-6-27-19(9-17)11-25/h5-10,12-13,20H,3-4,11H2,1-2H3,(H2,26,30). The zero-order valence-corrected chi connectivity index (χ0v) is 18.3. The molecular formula is C24H23FN6O2. The van der Waals surface area contributed by atoms with Gasteiger partial charge in [-0.25, -0.2) is 19.4 Å². The Morgan fingerprint density at radius 1 is 1.12 bits per heavy atom. The molecule has 3 aromatic rings. The number of pyridine rings is 1. The Morgan fingerprint density at radius 3 is 2.52 bits per heavy atom. The molecule has 1 amide bonds. The van der Waals surface area contributed by atoms with Gasteiger partial charge in [0.1, 0.15) is 18.2 Å². The smallest absolute Gasteiger partial charge is 0.266 e. The fourth-order valence-corrected chi connectivity index (χ4v) is 3.92. The number of carbonyl (C=O) groups excluding carboxylic acids is 1. The molecule has 168 valence electrons. The molecular weight excluding hydrogens is 423 g/mol. The quantitative estimate of drug-likeness (QED) is 0.624. The first kappa shape index (κ1) is 21.0. The molecule has 1 fully saturated rings. The first-order chi connectivity index (χ1) is 15.9. The van der Waals surface area contributed by atoms with E-state index in [1.807, 2.05) is 19.1 Å². The van der Waals surface area contributed by atoms with Gasteiger partial charge >= 0.3 is 0 Å². The number of guanidine groups is 1. The maximum atomic E-state index is 13.6. The zero-order chi connectivity index (χ0) is 23.2. The van der Waals surface area contributed by atoms with Crippen LogP contribution < -0.4 is 10.5 Å². The Bertz CT molecular complexity index is 1260. The molecule has 0 radical (unpaired) electrons. The van der Waals surface area contributed by atoms with Gasteiger partial charge in [-0.15, -0.1) is 0 Å². The minimum atomic E-state index is -1.49. The SMILES string of the molecule is Cc1ncc(-c2cc(OC3CC3)cc(C3(c4ccnc(CF)c4)N=C(N)N(C)C3=O)c2)cn1. The van der Waals surface area contributed by atoms with Crippen LogP contribution in [-0.4, -0.2) is 44.9 Å². The maximum Gasteiger partial charge on any atom is 0.266 e. The van der Waals surface area contributed by atoms with Crippen LogP contribution in [0.25, 0.3) is 11.1 Å². The van der Waals surface area contributed by atoms with Gasteiger partial charge in [0.15, 0.2) is 11.5 Å². The van der Waals surface area contributed by atoms with Crippen LogP contribution in [0, 0.1) is 6.92 Å². The highest BCUT2D eigenvalue weighted by molar-refractivity contribution is 6.09. The first-order valence-electron chi connectivity index (χ1n) is 10.7. The number of aryl methyl sites for hydroxylation is 1. The van der Waals surface area contributed by atoms with Crippen LogP contribution in [0.1, 0.15) is 35.5 Å². The van der Waals surface area contributed by atoms with E-state index >= 15 is 0 Å². The fraction of sp³-hybridized carbons (Fsp3) is 0.292. The van der Waals surface area contributed by atoms with E-state index in [2.05, 4.69) is 19.9 Å². The minimum absolute atomic E-state index is 0.0762. The Morgan fingerprint density at radius 2 is 1.88 bits per heavy atom. The van der Waals surface area contributed by atoms with Gasteiger partial charge in [0.2, 0.25) is 0 Å². The number of aliphatic imine (C=N–C) groups is 1. The predicted octanol–water partition coefficient (Wildman–Crippen LogP) is 2.89.